The van der Waals surface area contributed by atoms with E-state index in [1.165, 1.54) is 24.2 Å². The minimum absolute atomic E-state index is 0.149. The molecule has 0 bridgehead atoms. The van der Waals surface area contributed by atoms with E-state index in [0.29, 0.717) is 35.2 Å². The first kappa shape index (κ1) is 23.9. The van der Waals surface area contributed by atoms with Crippen LogP contribution in [0.2, 0.25) is 0 Å². The second-order valence-electron chi connectivity index (χ2n) is 8.37. The predicted octanol–water partition coefficient (Wildman–Crippen LogP) is 8.35. The van der Waals surface area contributed by atoms with Crippen molar-refractivity contribution in [3.05, 3.63) is 47.8 Å². The fraction of sp³-hybridized carbons (Fsp3) is 0.417. The van der Waals surface area contributed by atoms with Crippen molar-refractivity contribution in [3.8, 4) is 16.5 Å². The molecule has 32 heavy (non-hydrogen) atoms. The molecule has 1 amide bonds. The molecule has 4 heterocycles. The molecule has 4 nitrogen and oxygen atoms in total. The highest BCUT2D eigenvalue weighted by Gasteiger charge is 2.37. The normalized spacial score (nSPS) is 15.2. The van der Waals surface area contributed by atoms with Gasteiger partial charge in [0.05, 0.1) is 39.9 Å². The third-order valence-corrected chi connectivity index (χ3v) is 9.56. The molecule has 2 atom stereocenters. The van der Waals surface area contributed by atoms with Gasteiger partial charge in [-0.25, -0.2) is 4.99 Å². The number of aromatic nitrogens is 1. The molecular weight excluding hydrogens is 572 g/mol. The average Bonchev–Trinajstić information content (AvgIpc) is 3.52. The average molecular weight is 598 g/mol. The zero-order valence-electron chi connectivity index (χ0n) is 18.3. The van der Waals surface area contributed by atoms with Crippen LogP contribution < -0.4 is 0 Å². The number of nitrogens with zero attached hydrogens (tertiary/aromatic N) is 2. The zero-order chi connectivity index (χ0) is 23.0. The number of thiophene rings is 2. The van der Waals surface area contributed by atoms with Crippen molar-refractivity contribution in [2.75, 3.05) is 0 Å². The van der Waals surface area contributed by atoms with E-state index in [1.54, 1.807) is 11.3 Å². The number of fused-ring (bicyclic) bond motifs is 1. The highest BCUT2D eigenvalue weighted by molar-refractivity contribution is 9.11. The molecule has 0 aliphatic carbocycles. The monoisotopic (exact) mass is 596 g/mol. The maximum atomic E-state index is 13.1. The second-order valence-corrected chi connectivity index (χ2v) is 13.3. The number of amides is 1. The van der Waals surface area contributed by atoms with Gasteiger partial charge in [-0.3, -0.25) is 4.79 Å². The summed E-state index contributed by atoms with van der Waals surface area (Å²) in [5.74, 6) is 0.991. The molecule has 1 aliphatic rings. The van der Waals surface area contributed by atoms with Gasteiger partial charge < -0.3 is 9.67 Å². The molecular formula is C24H26Br2N2O2S2. The van der Waals surface area contributed by atoms with Gasteiger partial charge in [0.1, 0.15) is 0 Å². The van der Waals surface area contributed by atoms with Crippen LogP contribution in [0, 0.1) is 11.8 Å². The number of carbonyl (C=O) groups is 1. The van der Waals surface area contributed by atoms with Crippen molar-refractivity contribution < 1.29 is 9.90 Å². The topological polar surface area (TPSA) is 54.6 Å². The molecule has 0 radical (unpaired) electrons. The van der Waals surface area contributed by atoms with E-state index >= 15 is 0 Å². The van der Waals surface area contributed by atoms with Crippen LogP contribution in [0.5, 0.6) is 5.88 Å². The van der Waals surface area contributed by atoms with E-state index in [2.05, 4.69) is 57.6 Å². The number of aliphatic imine (C=N–C) groups is 1. The van der Waals surface area contributed by atoms with Crippen molar-refractivity contribution in [3.63, 3.8) is 0 Å². The molecule has 0 fully saturated rings. The van der Waals surface area contributed by atoms with Gasteiger partial charge in [-0.1, -0.05) is 40.0 Å². The smallest absolute Gasteiger partial charge is 0.280 e. The number of hydrogen-bond acceptors (Lipinski definition) is 4. The highest BCUT2D eigenvalue weighted by atomic mass is 79.9. The van der Waals surface area contributed by atoms with Gasteiger partial charge in [0.2, 0.25) is 5.88 Å². The van der Waals surface area contributed by atoms with E-state index in [1.807, 2.05) is 28.8 Å². The Balaban J connectivity index is 1.81. The van der Waals surface area contributed by atoms with Crippen molar-refractivity contribution >= 4 is 66.2 Å². The number of carbonyl (C=O) groups excluding carboxylic acids is 1. The first-order chi connectivity index (χ1) is 15.3. The van der Waals surface area contributed by atoms with Crippen molar-refractivity contribution in [1.82, 2.24) is 4.57 Å². The standard InChI is InChI=1S/C24H26Br2N2O2S2/c1-4-13(3)6-7-14(5-2)12-28-22(16-9-11-18(26)32-16)20-19(24(28)30)21(27-23(20)29)15-8-10-17(25)31-15/h8-11,13-14,30H,4-7,12H2,1-3H3. The highest BCUT2D eigenvalue weighted by Crippen LogP contribution is 2.45. The molecule has 3 aromatic heterocycles. The molecule has 170 valence electrons. The van der Waals surface area contributed by atoms with Crippen molar-refractivity contribution in [1.29, 1.82) is 0 Å². The summed E-state index contributed by atoms with van der Waals surface area (Å²) in [6.07, 6.45) is 4.48. The van der Waals surface area contributed by atoms with E-state index < -0.39 is 0 Å². The number of hydrogen-bond donors (Lipinski definition) is 1. The van der Waals surface area contributed by atoms with Gasteiger partial charge in [-0.05, 0) is 74.4 Å². The van der Waals surface area contributed by atoms with E-state index in [9.17, 15) is 9.90 Å². The number of halogens is 2. The summed E-state index contributed by atoms with van der Waals surface area (Å²) in [5.41, 5.74) is 2.45. The summed E-state index contributed by atoms with van der Waals surface area (Å²) in [6.45, 7) is 7.42. The Labute approximate surface area is 213 Å². The van der Waals surface area contributed by atoms with E-state index in [-0.39, 0.29) is 11.8 Å². The third-order valence-electron chi connectivity index (χ3n) is 6.30. The summed E-state index contributed by atoms with van der Waals surface area (Å²) >= 11 is 10.1. The molecule has 0 spiro atoms. The molecule has 0 saturated heterocycles. The Kier molecular flexibility index (Phi) is 7.44. The number of rotatable bonds is 9. The van der Waals surface area contributed by atoms with Crippen LogP contribution in [-0.2, 0) is 6.54 Å². The summed E-state index contributed by atoms with van der Waals surface area (Å²) < 4.78 is 3.92. The summed E-state index contributed by atoms with van der Waals surface area (Å²) in [7, 11) is 0. The lowest BCUT2D eigenvalue weighted by atomic mass is 9.93. The Bertz CT molecular complexity index is 1180. The summed E-state index contributed by atoms with van der Waals surface area (Å²) in [4.78, 5) is 19.3. The lowest BCUT2D eigenvalue weighted by Gasteiger charge is -2.20. The van der Waals surface area contributed by atoms with Gasteiger partial charge in [0.15, 0.2) is 0 Å². The minimum Gasteiger partial charge on any atom is -0.494 e. The lowest BCUT2D eigenvalue weighted by Crippen LogP contribution is -2.13. The van der Waals surface area contributed by atoms with Crippen LogP contribution >= 0.6 is 54.5 Å². The lowest BCUT2D eigenvalue weighted by molar-refractivity contribution is 0.101. The first-order valence-corrected chi connectivity index (χ1v) is 14.2. The van der Waals surface area contributed by atoms with Gasteiger partial charge >= 0.3 is 0 Å². The van der Waals surface area contributed by atoms with E-state index in [4.69, 9.17) is 0 Å². The van der Waals surface area contributed by atoms with Crippen LogP contribution in [-0.4, -0.2) is 21.3 Å². The van der Waals surface area contributed by atoms with Crippen LogP contribution in [0.1, 0.15) is 67.3 Å². The molecule has 0 saturated carbocycles. The van der Waals surface area contributed by atoms with Crippen LogP contribution in [0.3, 0.4) is 0 Å². The second kappa shape index (κ2) is 9.95. The Hall–Kier alpha value is -1.22. The van der Waals surface area contributed by atoms with Crippen LogP contribution in [0.4, 0.5) is 0 Å². The molecule has 1 N–H and O–H groups in total. The molecule has 2 unspecified atom stereocenters. The zero-order valence-corrected chi connectivity index (χ0v) is 23.1. The quantitative estimate of drug-likeness (QED) is 0.269. The Morgan fingerprint density at radius 2 is 1.66 bits per heavy atom. The van der Waals surface area contributed by atoms with Crippen molar-refractivity contribution in [2.45, 2.75) is 53.0 Å². The third kappa shape index (κ3) is 4.56. The molecule has 1 aliphatic heterocycles. The Morgan fingerprint density at radius 3 is 2.22 bits per heavy atom. The summed E-state index contributed by atoms with van der Waals surface area (Å²) in [5, 5.41) is 11.4. The maximum Gasteiger partial charge on any atom is 0.280 e. The van der Waals surface area contributed by atoms with Gasteiger partial charge in [0.25, 0.3) is 5.91 Å². The summed E-state index contributed by atoms with van der Waals surface area (Å²) in [6, 6.07) is 7.87. The predicted molar refractivity (Wildman–Crippen MR) is 142 cm³/mol. The van der Waals surface area contributed by atoms with Crippen LogP contribution in [0.15, 0.2) is 36.8 Å². The van der Waals surface area contributed by atoms with E-state index in [0.717, 1.165) is 35.9 Å². The SMILES string of the molecule is CCC(C)CCC(CC)Cn1c(O)c2c(c1-c1ccc(Br)s1)C(=O)N=C2c1ccc(Br)s1. The minimum atomic E-state index is -0.277. The van der Waals surface area contributed by atoms with Gasteiger partial charge in [-0.15, -0.1) is 22.7 Å². The fourth-order valence-electron chi connectivity index (χ4n) is 4.15. The molecule has 0 aromatic carbocycles. The molecule has 8 heteroatoms. The molecule has 4 rings (SSSR count). The van der Waals surface area contributed by atoms with Crippen molar-refractivity contribution in [2.24, 2.45) is 16.8 Å². The van der Waals surface area contributed by atoms with Crippen LogP contribution in [0.25, 0.3) is 10.6 Å². The largest absolute Gasteiger partial charge is 0.494 e. The van der Waals surface area contributed by atoms with Gasteiger partial charge in [0, 0.05) is 6.54 Å². The van der Waals surface area contributed by atoms with Gasteiger partial charge in [-0.2, -0.15) is 0 Å². The first-order valence-electron chi connectivity index (χ1n) is 10.9. The Morgan fingerprint density at radius 1 is 1.00 bits per heavy atom. The fourth-order valence-corrected chi connectivity index (χ4v) is 6.98. The number of aromatic hydroxyl groups is 1. The maximum absolute atomic E-state index is 13.1. The molecule has 3 aromatic rings.